The van der Waals surface area contributed by atoms with Crippen LogP contribution in [0.5, 0.6) is 0 Å². The largest absolute Gasteiger partial charge is 0.354 e. The number of hydrogen-bond donors (Lipinski definition) is 1. The van der Waals surface area contributed by atoms with E-state index in [2.05, 4.69) is 10.5 Å². The molecule has 0 aliphatic rings. The van der Waals surface area contributed by atoms with Gasteiger partial charge in [-0.15, -0.1) is 4.91 Å². The molecule has 18 heavy (non-hydrogen) atoms. The third-order valence-corrected chi connectivity index (χ3v) is 3.00. The smallest absolute Gasteiger partial charge is 0.150 e. The third kappa shape index (κ3) is 2.93. The molecule has 2 aromatic rings. The van der Waals surface area contributed by atoms with Crippen molar-refractivity contribution in [1.29, 1.82) is 0 Å². The summed E-state index contributed by atoms with van der Waals surface area (Å²) in [6.07, 6.45) is 0. The SMILES string of the molecule is O=Nc1c(Cl)cc(Cl)cc1Nc1ccc(Cl)cc1. The van der Waals surface area contributed by atoms with E-state index in [0.717, 1.165) is 5.69 Å². The molecule has 0 atom stereocenters. The predicted molar refractivity (Wildman–Crippen MR) is 76.7 cm³/mol. The molecule has 0 saturated heterocycles. The highest BCUT2D eigenvalue weighted by molar-refractivity contribution is 6.37. The van der Waals surface area contributed by atoms with Crippen LogP contribution in [0, 0.1) is 4.91 Å². The van der Waals surface area contributed by atoms with Crippen molar-refractivity contribution < 1.29 is 0 Å². The predicted octanol–water partition coefficient (Wildman–Crippen LogP) is 5.79. The number of halogens is 3. The van der Waals surface area contributed by atoms with Gasteiger partial charge in [-0.05, 0) is 41.6 Å². The molecule has 0 saturated carbocycles. The van der Waals surface area contributed by atoms with E-state index in [1.165, 1.54) is 6.07 Å². The van der Waals surface area contributed by atoms with Crippen LogP contribution in [0.15, 0.2) is 41.6 Å². The summed E-state index contributed by atoms with van der Waals surface area (Å²) in [4.78, 5) is 10.8. The van der Waals surface area contributed by atoms with Gasteiger partial charge in [-0.25, -0.2) is 0 Å². The van der Waals surface area contributed by atoms with E-state index in [4.69, 9.17) is 34.8 Å². The lowest BCUT2D eigenvalue weighted by atomic mass is 10.2. The molecule has 0 heterocycles. The van der Waals surface area contributed by atoms with Crippen molar-refractivity contribution in [3.63, 3.8) is 0 Å². The number of nitrogens with one attached hydrogen (secondary N) is 1. The maximum absolute atomic E-state index is 10.8. The number of anilines is 2. The summed E-state index contributed by atoms with van der Waals surface area (Å²) in [5.41, 5.74) is 1.32. The van der Waals surface area contributed by atoms with Crippen molar-refractivity contribution in [2.45, 2.75) is 0 Å². The Bertz CT molecular complexity index is 585. The van der Waals surface area contributed by atoms with E-state index in [1.807, 2.05) is 0 Å². The van der Waals surface area contributed by atoms with E-state index in [-0.39, 0.29) is 10.7 Å². The van der Waals surface area contributed by atoms with Crippen LogP contribution in [0.2, 0.25) is 15.1 Å². The highest BCUT2D eigenvalue weighted by atomic mass is 35.5. The monoisotopic (exact) mass is 300 g/mol. The van der Waals surface area contributed by atoms with Gasteiger partial charge in [-0.2, -0.15) is 0 Å². The highest BCUT2D eigenvalue weighted by Crippen LogP contribution is 2.37. The minimum Gasteiger partial charge on any atom is -0.354 e. The summed E-state index contributed by atoms with van der Waals surface area (Å²) in [5.74, 6) is 0. The zero-order valence-corrected chi connectivity index (χ0v) is 11.2. The highest BCUT2D eigenvalue weighted by Gasteiger charge is 2.10. The number of nitrogens with zero attached hydrogens (tertiary/aromatic N) is 1. The Hall–Kier alpha value is -1.29. The van der Waals surface area contributed by atoms with Gasteiger partial charge in [-0.3, -0.25) is 0 Å². The maximum Gasteiger partial charge on any atom is 0.150 e. The summed E-state index contributed by atoms with van der Waals surface area (Å²) in [6.45, 7) is 0. The van der Waals surface area contributed by atoms with Crippen LogP contribution in [0.4, 0.5) is 17.1 Å². The van der Waals surface area contributed by atoms with Gasteiger partial charge < -0.3 is 5.32 Å². The third-order valence-electron chi connectivity index (χ3n) is 2.24. The van der Waals surface area contributed by atoms with Gasteiger partial charge in [0.05, 0.1) is 10.7 Å². The van der Waals surface area contributed by atoms with Gasteiger partial charge in [0.1, 0.15) is 5.69 Å². The van der Waals surface area contributed by atoms with E-state index < -0.39 is 0 Å². The number of hydrogen-bond acceptors (Lipinski definition) is 3. The van der Waals surface area contributed by atoms with Gasteiger partial charge in [0.2, 0.25) is 0 Å². The lowest BCUT2D eigenvalue weighted by molar-refractivity contribution is 1.46. The summed E-state index contributed by atoms with van der Waals surface area (Å²) < 4.78 is 0. The van der Waals surface area contributed by atoms with E-state index in [9.17, 15) is 4.91 Å². The molecule has 6 heteroatoms. The molecule has 0 amide bonds. The van der Waals surface area contributed by atoms with Crippen LogP contribution in [0.3, 0.4) is 0 Å². The zero-order chi connectivity index (χ0) is 13.1. The fourth-order valence-electron chi connectivity index (χ4n) is 1.44. The lowest BCUT2D eigenvalue weighted by Gasteiger charge is -2.09. The van der Waals surface area contributed by atoms with E-state index in [1.54, 1.807) is 30.3 Å². The van der Waals surface area contributed by atoms with Crippen LogP contribution in [-0.2, 0) is 0 Å². The van der Waals surface area contributed by atoms with Crippen LogP contribution in [0.25, 0.3) is 0 Å². The molecule has 0 bridgehead atoms. The molecule has 0 spiro atoms. The van der Waals surface area contributed by atoms with E-state index >= 15 is 0 Å². The Labute approximate surface area is 119 Å². The Kier molecular flexibility index (Phi) is 4.07. The maximum atomic E-state index is 10.8. The van der Waals surface area contributed by atoms with Crippen molar-refractivity contribution in [3.8, 4) is 0 Å². The molecule has 3 nitrogen and oxygen atoms in total. The Morgan fingerprint density at radius 1 is 0.944 bits per heavy atom. The standard InChI is InChI=1S/C12H7Cl3N2O/c13-7-1-3-9(4-2-7)16-11-6-8(14)5-10(15)12(11)17-18/h1-6,16H. The summed E-state index contributed by atoms with van der Waals surface area (Å²) in [5, 5.41) is 7.15. The minimum atomic E-state index is 0.121. The quantitative estimate of drug-likeness (QED) is 0.729. The van der Waals surface area contributed by atoms with Gasteiger partial charge >= 0.3 is 0 Å². The van der Waals surface area contributed by atoms with E-state index in [0.29, 0.717) is 15.7 Å². The molecule has 1 N–H and O–H groups in total. The summed E-state index contributed by atoms with van der Waals surface area (Å²) >= 11 is 17.6. The van der Waals surface area contributed by atoms with Gasteiger partial charge in [0.25, 0.3) is 0 Å². The van der Waals surface area contributed by atoms with Crippen molar-refractivity contribution in [2.24, 2.45) is 5.18 Å². The molecule has 0 aliphatic heterocycles. The van der Waals surface area contributed by atoms with Crippen molar-refractivity contribution in [3.05, 3.63) is 56.4 Å². The lowest BCUT2D eigenvalue weighted by Crippen LogP contribution is -1.91. The summed E-state index contributed by atoms with van der Waals surface area (Å²) in [6, 6.07) is 10.0. The molecule has 0 aliphatic carbocycles. The second kappa shape index (κ2) is 5.57. The van der Waals surface area contributed by atoms with Crippen LogP contribution >= 0.6 is 34.8 Å². The molecular weight excluding hydrogens is 295 g/mol. The fraction of sp³-hybridized carbons (Fsp3) is 0. The molecule has 92 valence electrons. The molecular formula is C12H7Cl3N2O. The number of rotatable bonds is 3. The first-order chi connectivity index (χ1) is 8.60. The average Bonchev–Trinajstić information content (AvgIpc) is 2.32. The Morgan fingerprint density at radius 2 is 1.61 bits per heavy atom. The molecule has 0 radical (unpaired) electrons. The molecule has 2 rings (SSSR count). The van der Waals surface area contributed by atoms with Crippen molar-refractivity contribution in [1.82, 2.24) is 0 Å². The number of benzene rings is 2. The van der Waals surface area contributed by atoms with Crippen molar-refractivity contribution >= 4 is 51.9 Å². The normalized spacial score (nSPS) is 10.2. The van der Waals surface area contributed by atoms with Gasteiger partial charge in [-0.1, -0.05) is 34.8 Å². The Morgan fingerprint density at radius 3 is 2.22 bits per heavy atom. The molecule has 0 aromatic heterocycles. The van der Waals surface area contributed by atoms with Gasteiger partial charge in [0.15, 0.2) is 0 Å². The second-order valence-corrected chi connectivity index (χ2v) is 4.79. The van der Waals surface area contributed by atoms with Crippen LogP contribution in [-0.4, -0.2) is 0 Å². The second-order valence-electron chi connectivity index (χ2n) is 3.51. The Balaban J connectivity index is 2.39. The average molecular weight is 302 g/mol. The first kappa shape index (κ1) is 13.1. The fourth-order valence-corrected chi connectivity index (χ4v) is 2.10. The zero-order valence-electron chi connectivity index (χ0n) is 8.95. The van der Waals surface area contributed by atoms with Crippen molar-refractivity contribution in [2.75, 3.05) is 5.32 Å². The van der Waals surface area contributed by atoms with Crippen LogP contribution in [0.1, 0.15) is 0 Å². The van der Waals surface area contributed by atoms with Gasteiger partial charge in [0, 0.05) is 15.7 Å². The van der Waals surface area contributed by atoms with Crippen LogP contribution < -0.4 is 5.32 Å². The molecule has 2 aromatic carbocycles. The number of nitroso groups, excluding NO2 is 1. The minimum absolute atomic E-state index is 0.121. The molecule has 0 unspecified atom stereocenters. The molecule has 0 fully saturated rings. The summed E-state index contributed by atoms with van der Waals surface area (Å²) in [7, 11) is 0. The first-order valence-electron chi connectivity index (χ1n) is 4.95. The topological polar surface area (TPSA) is 41.5 Å². The first-order valence-corrected chi connectivity index (χ1v) is 6.08.